The molecule has 3 N–H and O–H groups in total. The lowest BCUT2D eigenvalue weighted by atomic mass is 9.67. The van der Waals surface area contributed by atoms with Crippen molar-refractivity contribution in [3.05, 3.63) is 0 Å². The van der Waals surface area contributed by atoms with Crippen LogP contribution in [0.1, 0.15) is 58.8 Å². The van der Waals surface area contributed by atoms with E-state index >= 15 is 0 Å². The molecule has 0 heterocycles. The Kier molecular flexibility index (Phi) is 7.04. The summed E-state index contributed by atoms with van der Waals surface area (Å²) in [6, 6.07) is 0. The maximum Gasteiger partial charge on any atom is 0.191 e. The van der Waals surface area contributed by atoms with Gasteiger partial charge in [0.15, 0.2) is 5.96 Å². The highest BCUT2D eigenvalue weighted by Gasteiger charge is 2.36. The number of hydrogen-bond donors (Lipinski definition) is 3. The van der Waals surface area contributed by atoms with Crippen molar-refractivity contribution in [2.75, 3.05) is 19.6 Å². The molecule has 5 heteroatoms. The first-order chi connectivity index (χ1) is 9.11. The fourth-order valence-corrected chi connectivity index (χ4v) is 2.90. The van der Waals surface area contributed by atoms with Gasteiger partial charge in [-0.1, -0.05) is 13.3 Å². The molecule has 2 saturated carbocycles. The topological polar surface area (TPSA) is 56.7 Å². The molecule has 0 spiro atoms. The van der Waals surface area contributed by atoms with Crippen molar-refractivity contribution in [1.82, 2.24) is 10.6 Å². The second-order valence-corrected chi connectivity index (χ2v) is 6.33. The number of guanidine groups is 1. The Balaban J connectivity index is 0.00000200. The van der Waals surface area contributed by atoms with Crippen LogP contribution in [0.2, 0.25) is 0 Å². The van der Waals surface area contributed by atoms with Crippen LogP contribution in [0.3, 0.4) is 0 Å². The molecular formula is C15H30IN3O. The number of nitrogens with one attached hydrogen (secondary N) is 2. The minimum Gasteiger partial charge on any atom is -0.388 e. The Morgan fingerprint density at radius 1 is 1.10 bits per heavy atom. The van der Waals surface area contributed by atoms with Crippen LogP contribution >= 0.6 is 24.0 Å². The van der Waals surface area contributed by atoms with Gasteiger partial charge in [0.1, 0.15) is 0 Å². The van der Waals surface area contributed by atoms with Gasteiger partial charge in [-0.15, -0.1) is 24.0 Å². The molecule has 0 aliphatic heterocycles. The monoisotopic (exact) mass is 395 g/mol. The molecule has 2 rings (SSSR count). The molecule has 0 unspecified atom stereocenters. The van der Waals surface area contributed by atoms with Crippen molar-refractivity contribution in [2.24, 2.45) is 10.4 Å². The highest BCUT2D eigenvalue weighted by Crippen LogP contribution is 2.43. The van der Waals surface area contributed by atoms with E-state index in [-0.39, 0.29) is 24.0 Å². The molecule has 0 radical (unpaired) electrons. The quantitative estimate of drug-likeness (QED) is 0.368. The number of aliphatic imine (C=N–C) groups is 1. The summed E-state index contributed by atoms with van der Waals surface area (Å²) >= 11 is 0. The summed E-state index contributed by atoms with van der Waals surface area (Å²) in [6.45, 7) is 6.75. The van der Waals surface area contributed by atoms with Gasteiger partial charge in [-0.3, -0.25) is 4.99 Å². The Morgan fingerprint density at radius 2 is 1.75 bits per heavy atom. The lowest BCUT2D eigenvalue weighted by Gasteiger charge is -2.40. The van der Waals surface area contributed by atoms with E-state index in [0.717, 1.165) is 38.3 Å². The molecule has 2 aliphatic carbocycles. The summed E-state index contributed by atoms with van der Waals surface area (Å²) in [5.41, 5.74) is -0.0369. The Morgan fingerprint density at radius 3 is 2.15 bits per heavy atom. The normalized spacial score (nSPS) is 23.1. The second-order valence-electron chi connectivity index (χ2n) is 6.33. The van der Waals surface area contributed by atoms with Gasteiger partial charge in [-0.2, -0.15) is 0 Å². The van der Waals surface area contributed by atoms with E-state index in [1.807, 2.05) is 0 Å². The number of hydrogen-bond acceptors (Lipinski definition) is 2. The third kappa shape index (κ3) is 4.48. The molecule has 118 valence electrons. The van der Waals surface area contributed by atoms with Crippen LogP contribution in [0.25, 0.3) is 0 Å². The minimum atomic E-state index is -0.491. The summed E-state index contributed by atoms with van der Waals surface area (Å²) in [4.78, 5) is 4.72. The van der Waals surface area contributed by atoms with E-state index in [2.05, 4.69) is 24.5 Å². The summed E-state index contributed by atoms with van der Waals surface area (Å²) in [5, 5.41) is 16.7. The molecule has 20 heavy (non-hydrogen) atoms. The molecule has 0 bridgehead atoms. The largest absolute Gasteiger partial charge is 0.388 e. The third-order valence-electron chi connectivity index (χ3n) is 4.95. The molecule has 0 amide bonds. The van der Waals surface area contributed by atoms with Gasteiger partial charge in [0, 0.05) is 19.6 Å². The van der Waals surface area contributed by atoms with E-state index in [4.69, 9.17) is 4.99 Å². The minimum absolute atomic E-state index is 0. The number of halogens is 1. The summed E-state index contributed by atoms with van der Waals surface area (Å²) in [6.07, 6.45) is 8.18. The van der Waals surface area contributed by atoms with E-state index in [1.165, 1.54) is 25.7 Å². The zero-order valence-corrected chi connectivity index (χ0v) is 15.2. The maximum absolute atomic E-state index is 10.1. The van der Waals surface area contributed by atoms with Crippen LogP contribution < -0.4 is 10.6 Å². The van der Waals surface area contributed by atoms with Crippen LogP contribution in [0, 0.1) is 5.41 Å². The first-order valence-electron chi connectivity index (χ1n) is 7.86. The van der Waals surface area contributed by atoms with E-state index in [1.54, 1.807) is 0 Å². The predicted octanol–water partition coefficient (Wildman–Crippen LogP) is 2.65. The molecule has 4 nitrogen and oxygen atoms in total. The average molecular weight is 395 g/mol. The fraction of sp³-hybridized carbons (Fsp3) is 0.933. The Hall–Kier alpha value is -0.0400. The Labute approximate surface area is 140 Å². The van der Waals surface area contributed by atoms with Gasteiger partial charge in [-0.25, -0.2) is 0 Å². The smallest absolute Gasteiger partial charge is 0.191 e. The fourth-order valence-electron chi connectivity index (χ4n) is 2.90. The van der Waals surface area contributed by atoms with Gasteiger partial charge in [0.2, 0.25) is 0 Å². The zero-order chi connectivity index (χ0) is 13.8. The maximum atomic E-state index is 10.1. The van der Waals surface area contributed by atoms with Crippen molar-refractivity contribution in [3.63, 3.8) is 0 Å². The first kappa shape index (κ1) is 18.0. The molecular weight excluding hydrogens is 365 g/mol. The van der Waals surface area contributed by atoms with Crippen molar-refractivity contribution in [3.8, 4) is 0 Å². The van der Waals surface area contributed by atoms with Gasteiger partial charge in [0.05, 0.1) is 5.60 Å². The van der Waals surface area contributed by atoms with Gasteiger partial charge in [-0.05, 0) is 50.9 Å². The first-order valence-corrected chi connectivity index (χ1v) is 7.86. The van der Waals surface area contributed by atoms with Crippen LogP contribution in [0.5, 0.6) is 0 Å². The van der Waals surface area contributed by atoms with E-state index in [0.29, 0.717) is 12.0 Å². The van der Waals surface area contributed by atoms with Crippen molar-refractivity contribution in [2.45, 2.75) is 64.4 Å². The van der Waals surface area contributed by atoms with Crippen molar-refractivity contribution >= 4 is 29.9 Å². The van der Waals surface area contributed by atoms with Crippen LogP contribution in [-0.2, 0) is 0 Å². The highest BCUT2D eigenvalue weighted by atomic mass is 127. The standard InChI is InChI=1S/C15H29N3O.HI/c1-3-14(7-5-8-14)11-17-13(16-4-2)18-12-15(19)9-6-10-15;/h19H,3-12H2,1-2H3,(H2,16,17,18);1H. The molecule has 2 fully saturated rings. The van der Waals surface area contributed by atoms with Gasteiger partial charge in [0.25, 0.3) is 0 Å². The van der Waals surface area contributed by atoms with Gasteiger partial charge >= 0.3 is 0 Å². The van der Waals surface area contributed by atoms with Crippen LogP contribution in [0.4, 0.5) is 0 Å². The summed E-state index contributed by atoms with van der Waals surface area (Å²) in [5.74, 6) is 0.863. The molecule has 0 atom stereocenters. The zero-order valence-electron chi connectivity index (χ0n) is 12.9. The number of aliphatic hydroxyl groups is 1. The molecule has 2 aliphatic rings. The average Bonchev–Trinajstić information content (AvgIpc) is 2.32. The molecule has 0 aromatic heterocycles. The van der Waals surface area contributed by atoms with E-state index < -0.39 is 5.60 Å². The molecule has 0 saturated heterocycles. The van der Waals surface area contributed by atoms with Crippen LogP contribution in [-0.4, -0.2) is 36.3 Å². The van der Waals surface area contributed by atoms with Crippen molar-refractivity contribution in [1.29, 1.82) is 0 Å². The van der Waals surface area contributed by atoms with Crippen LogP contribution in [0.15, 0.2) is 4.99 Å². The highest BCUT2D eigenvalue weighted by molar-refractivity contribution is 14.0. The predicted molar refractivity (Wildman–Crippen MR) is 94.8 cm³/mol. The summed E-state index contributed by atoms with van der Waals surface area (Å²) in [7, 11) is 0. The lowest BCUT2D eigenvalue weighted by molar-refractivity contribution is -0.0279. The number of nitrogens with zero attached hydrogens (tertiary/aromatic N) is 1. The van der Waals surface area contributed by atoms with Gasteiger partial charge < -0.3 is 15.7 Å². The number of rotatable bonds is 6. The lowest BCUT2D eigenvalue weighted by Crippen LogP contribution is -2.51. The molecule has 0 aromatic rings. The molecule has 0 aromatic carbocycles. The summed E-state index contributed by atoms with van der Waals surface area (Å²) < 4.78 is 0. The third-order valence-corrected chi connectivity index (χ3v) is 4.95. The second kappa shape index (κ2) is 7.82. The van der Waals surface area contributed by atoms with Crippen molar-refractivity contribution < 1.29 is 5.11 Å². The Bertz CT molecular complexity index is 320. The van der Waals surface area contributed by atoms with E-state index in [9.17, 15) is 5.11 Å². The SMILES string of the molecule is CCNC(=NCC1(CC)CCC1)NCC1(O)CCC1.I.